The van der Waals surface area contributed by atoms with E-state index in [4.69, 9.17) is 4.74 Å². The maximum atomic E-state index is 12.5. The predicted octanol–water partition coefficient (Wildman–Crippen LogP) is 2.71. The van der Waals surface area contributed by atoms with Crippen LogP contribution in [-0.2, 0) is 11.2 Å². The maximum absolute atomic E-state index is 12.5. The Bertz CT molecular complexity index is 497. The lowest BCUT2D eigenvalue weighted by atomic mass is 10.1. The molecule has 2 heterocycles. The summed E-state index contributed by atoms with van der Waals surface area (Å²) in [5.74, 6) is 0. The Morgan fingerprint density at radius 3 is 3.00 bits per heavy atom. The van der Waals surface area contributed by atoms with Gasteiger partial charge >= 0.3 is 6.03 Å². The highest BCUT2D eigenvalue weighted by atomic mass is 16.5. The number of para-hydroxylation sites is 1. The molecule has 4 nitrogen and oxygen atoms in total. The minimum atomic E-state index is -0.00884. The van der Waals surface area contributed by atoms with Crippen molar-refractivity contribution in [1.29, 1.82) is 0 Å². The first-order valence-electron chi connectivity index (χ1n) is 7.46. The lowest BCUT2D eigenvalue weighted by Gasteiger charge is -2.27. The number of anilines is 1. The number of fused-ring (bicyclic) bond motifs is 1. The van der Waals surface area contributed by atoms with Gasteiger partial charge in [0, 0.05) is 18.3 Å². The standard InChI is InChI=1S/C16H22N2O2/c1-11-10-13-6-3-4-7-14(13)18(11)16(19)17-12(2)15-8-5-9-20-15/h3-4,6-7,11-12,15H,5,8-10H2,1-2H3,(H,17,19)/t11-,12+,15+/m1/s1. The van der Waals surface area contributed by atoms with Gasteiger partial charge in [-0.15, -0.1) is 0 Å². The molecule has 0 spiro atoms. The summed E-state index contributed by atoms with van der Waals surface area (Å²) in [7, 11) is 0. The van der Waals surface area contributed by atoms with Crippen molar-refractivity contribution in [1.82, 2.24) is 5.32 Å². The third-order valence-corrected chi connectivity index (χ3v) is 4.30. The third-order valence-electron chi connectivity index (χ3n) is 4.30. The molecule has 0 aliphatic carbocycles. The van der Waals surface area contributed by atoms with Crippen molar-refractivity contribution in [3.05, 3.63) is 29.8 Å². The van der Waals surface area contributed by atoms with Crippen LogP contribution < -0.4 is 10.2 Å². The minimum absolute atomic E-state index is 0.00884. The molecule has 108 valence electrons. The lowest BCUT2D eigenvalue weighted by Crippen LogP contribution is -2.49. The van der Waals surface area contributed by atoms with Crippen molar-refractivity contribution in [2.24, 2.45) is 0 Å². The molecular weight excluding hydrogens is 252 g/mol. The molecule has 0 unspecified atom stereocenters. The van der Waals surface area contributed by atoms with Gasteiger partial charge in [-0.2, -0.15) is 0 Å². The number of hydrogen-bond acceptors (Lipinski definition) is 2. The normalized spacial score (nSPS) is 26.4. The molecule has 0 saturated carbocycles. The number of hydrogen-bond donors (Lipinski definition) is 1. The van der Waals surface area contributed by atoms with E-state index in [0.717, 1.165) is 31.6 Å². The molecule has 4 heteroatoms. The fourth-order valence-electron chi connectivity index (χ4n) is 3.23. The number of nitrogens with one attached hydrogen (secondary N) is 1. The van der Waals surface area contributed by atoms with Crippen molar-refractivity contribution < 1.29 is 9.53 Å². The zero-order valence-electron chi connectivity index (χ0n) is 12.1. The highest BCUT2D eigenvalue weighted by Crippen LogP contribution is 2.31. The lowest BCUT2D eigenvalue weighted by molar-refractivity contribution is 0.0863. The van der Waals surface area contributed by atoms with Crippen molar-refractivity contribution in [2.75, 3.05) is 11.5 Å². The highest BCUT2D eigenvalue weighted by molar-refractivity contribution is 5.95. The Labute approximate surface area is 120 Å². The van der Waals surface area contributed by atoms with E-state index in [1.807, 2.05) is 30.0 Å². The molecule has 0 aromatic heterocycles. The van der Waals surface area contributed by atoms with Crippen LogP contribution in [0.2, 0.25) is 0 Å². The average Bonchev–Trinajstić information content (AvgIpc) is 3.04. The molecule has 20 heavy (non-hydrogen) atoms. The molecular formula is C16H22N2O2. The number of carbonyl (C=O) groups is 1. The summed E-state index contributed by atoms with van der Waals surface area (Å²) in [6.07, 6.45) is 3.21. The van der Waals surface area contributed by atoms with Crippen LogP contribution in [0.15, 0.2) is 24.3 Å². The summed E-state index contributed by atoms with van der Waals surface area (Å²) < 4.78 is 5.64. The van der Waals surface area contributed by atoms with Crippen molar-refractivity contribution in [3.63, 3.8) is 0 Å². The van der Waals surface area contributed by atoms with Gasteiger partial charge in [0.25, 0.3) is 0 Å². The number of benzene rings is 1. The molecule has 1 aromatic rings. The zero-order valence-corrected chi connectivity index (χ0v) is 12.1. The first kappa shape index (κ1) is 13.4. The van der Waals surface area contributed by atoms with Crippen molar-refractivity contribution in [3.8, 4) is 0 Å². The van der Waals surface area contributed by atoms with E-state index in [1.165, 1.54) is 5.56 Å². The summed E-state index contributed by atoms with van der Waals surface area (Å²) in [5, 5.41) is 3.10. The van der Waals surface area contributed by atoms with E-state index in [0.29, 0.717) is 0 Å². The van der Waals surface area contributed by atoms with E-state index < -0.39 is 0 Å². The number of rotatable bonds is 2. The molecule has 1 N–H and O–H groups in total. The average molecular weight is 274 g/mol. The van der Waals surface area contributed by atoms with Crippen LogP contribution in [0, 0.1) is 0 Å². The van der Waals surface area contributed by atoms with E-state index in [-0.39, 0.29) is 24.2 Å². The largest absolute Gasteiger partial charge is 0.376 e. The molecule has 0 bridgehead atoms. The monoisotopic (exact) mass is 274 g/mol. The number of urea groups is 1. The Morgan fingerprint density at radius 2 is 2.25 bits per heavy atom. The topological polar surface area (TPSA) is 41.6 Å². The van der Waals surface area contributed by atoms with Crippen LogP contribution in [0.25, 0.3) is 0 Å². The maximum Gasteiger partial charge on any atom is 0.322 e. The predicted molar refractivity (Wildman–Crippen MR) is 79.1 cm³/mol. The quantitative estimate of drug-likeness (QED) is 0.901. The van der Waals surface area contributed by atoms with Crippen LogP contribution in [0.3, 0.4) is 0 Å². The second-order valence-electron chi connectivity index (χ2n) is 5.84. The highest BCUT2D eigenvalue weighted by Gasteiger charge is 2.32. The van der Waals surface area contributed by atoms with Gasteiger partial charge in [-0.25, -0.2) is 4.79 Å². The summed E-state index contributed by atoms with van der Waals surface area (Å²) in [6, 6.07) is 8.40. The van der Waals surface area contributed by atoms with Gasteiger partial charge < -0.3 is 10.1 Å². The summed E-state index contributed by atoms with van der Waals surface area (Å²) in [5.41, 5.74) is 2.29. The van der Waals surface area contributed by atoms with Crippen molar-refractivity contribution in [2.45, 2.75) is 51.3 Å². The van der Waals surface area contributed by atoms with Crippen LogP contribution in [0.1, 0.15) is 32.3 Å². The van der Waals surface area contributed by atoms with E-state index >= 15 is 0 Å². The Balaban J connectivity index is 1.70. The first-order valence-corrected chi connectivity index (χ1v) is 7.46. The van der Waals surface area contributed by atoms with Crippen LogP contribution in [-0.4, -0.2) is 30.8 Å². The number of amides is 2. The summed E-state index contributed by atoms with van der Waals surface area (Å²) >= 11 is 0. The Hall–Kier alpha value is -1.55. The smallest absolute Gasteiger partial charge is 0.322 e. The van der Waals surface area contributed by atoms with Gasteiger partial charge in [-0.3, -0.25) is 4.90 Å². The molecule has 3 atom stereocenters. The van der Waals surface area contributed by atoms with Crippen LogP contribution in [0.5, 0.6) is 0 Å². The molecule has 0 radical (unpaired) electrons. The number of carbonyl (C=O) groups excluding carboxylic acids is 1. The fourth-order valence-corrected chi connectivity index (χ4v) is 3.23. The number of nitrogens with zero attached hydrogens (tertiary/aromatic N) is 1. The van der Waals surface area contributed by atoms with Gasteiger partial charge in [-0.05, 0) is 44.7 Å². The Kier molecular flexibility index (Phi) is 3.66. The van der Waals surface area contributed by atoms with Crippen LogP contribution in [0.4, 0.5) is 10.5 Å². The first-order chi connectivity index (χ1) is 9.66. The molecule has 2 amide bonds. The third kappa shape index (κ3) is 2.40. The van der Waals surface area contributed by atoms with Gasteiger partial charge in [0.2, 0.25) is 0 Å². The SMILES string of the molecule is C[C@H](NC(=O)N1c2ccccc2C[C@H]1C)[C@@H]1CCCO1. The second-order valence-corrected chi connectivity index (χ2v) is 5.84. The van der Waals surface area contributed by atoms with Gasteiger partial charge in [0.05, 0.1) is 12.1 Å². The second kappa shape index (κ2) is 5.44. The van der Waals surface area contributed by atoms with Gasteiger partial charge in [0.1, 0.15) is 0 Å². The minimum Gasteiger partial charge on any atom is -0.376 e. The summed E-state index contributed by atoms with van der Waals surface area (Å²) in [4.78, 5) is 14.4. The van der Waals surface area contributed by atoms with Gasteiger partial charge in [-0.1, -0.05) is 18.2 Å². The molecule has 2 aliphatic rings. The molecule has 3 rings (SSSR count). The molecule has 1 aromatic carbocycles. The molecule has 1 saturated heterocycles. The fraction of sp³-hybridized carbons (Fsp3) is 0.562. The van der Waals surface area contributed by atoms with E-state index in [2.05, 4.69) is 18.3 Å². The van der Waals surface area contributed by atoms with Crippen LogP contribution >= 0.6 is 0 Å². The van der Waals surface area contributed by atoms with E-state index in [1.54, 1.807) is 0 Å². The number of ether oxygens (including phenoxy) is 1. The molecule has 1 fully saturated rings. The zero-order chi connectivity index (χ0) is 14.1. The van der Waals surface area contributed by atoms with Gasteiger partial charge in [0.15, 0.2) is 0 Å². The molecule has 2 aliphatic heterocycles. The Morgan fingerprint density at radius 1 is 1.45 bits per heavy atom. The summed E-state index contributed by atoms with van der Waals surface area (Å²) in [6.45, 7) is 4.94. The van der Waals surface area contributed by atoms with E-state index in [9.17, 15) is 4.79 Å². The van der Waals surface area contributed by atoms with Crippen molar-refractivity contribution >= 4 is 11.7 Å².